The second-order valence-corrected chi connectivity index (χ2v) is 7.65. The molecule has 4 rings (SSSR count). The highest BCUT2D eigenvalue weighted by Crippen LogP contribution is 2.30. The molecule has 1 saturated heterocycles. The van der Waals surface area contributed by atoms with Crippen LogP contribution in [0.4, 0.5) is 5.69 Å². The molecule has 7 heteroatoms. The van der Waals surface area contributed by atoms with Gasteiger partial charge in [-0.1, -0.05) is 24.2 Å². The Balaban J connectivity index is 1.45. The van der Waals surface area contributed by atoms with Gasteiger partial charge >= 0.3 is 0 Å². The molecule has 0 bridgehead atoms. The Labute approximate surface area is 168 Å². The molecular weight excluding hydrogens is 376 g/mol. The summed E-state index contributed by atoms with van der Waals surface area (Å²) in [5, 5.41) is 0.521. The normalized spacial score (nSPS) is 18.2. The van der Waals surface area contributed by atoms with Crippen molar-refractivity contribution in [3.8, 4) is 0 Å². The number of hydrogen-bond acceptors (Lipinski definition) is 4. The maximum Gasteiger partial charge on any atom is 0.253 e. The zero-order valence-electron chi connectivity index (χ0n) is 15.5. The van der Waals surface area contributed by atoms with Crippen LogP contribution in [0, 0.1) is 5.92 Å². The van der Waals surface area contributed by atoms with Gasteiger partial charge in [-0.3, -0.25) is 9.59 Å². The van der Waals surface area contributed by atoms with Crippen LogP contribution >= 0.6 is 11.6 Å². The third kappa shape index (κ3) is 3.64. The standard InChI is InChI=1S/C21H21ClN4O2/c1-2-20(27)26-8-6-15-3-4-16(10-18(15)26)21(28)25-7-5-14(13-25)9-19-23-11-17(22)12-24-19/h2-4,10-12,14H,1,5-9,13H2/t14-/m0/s1. The van der Waals surface area contributed by atoms with Gasteiger partial charge in [0.15, 0.2) is 0 Å². The Morgan fingerprint density at radius 2 is 2.04 bits per heavy atom. The van der Waals surface area contributed by atoms with E-state index >= 15 is 0 Å². The molecule has 2 aromatic rings. The van der Waals surface area contributed by atoms with Gasteiger partial charge in [0.2, 0.25) is 5.91 Å². The van der Waals surface area contributed by atoms with E-state index in [1.807, 2.05) is 23.1 Å². The summed E-state index contributed by atoms with van der Waals surface area (Å²) in [6.07, 6.45) is 6.96. The lowest BCUT2D eigenvalue weighted by atomic mass is 10.0. The second-order valence-electron chi connectivity index (χ2n) is 7.21. The van der Waals surface area contributed by atoms with Crippen molar-refractivity contribution in [3.63, 3.8) is 0 Å². The Bertz CT molecular complexity index is 929. The van der Waals surface area contributed by atoms with E-state index in [9.17, 15) is 9.59 Å². The molecular formula is C21H21ClN4O2. The Hall–Kier alpha value is -2.73. The highest BCUT2D eigenvalue weighted by molar-refractivity contribution is 6.30. The minimum absolute atomic E-state index is 0.000210. The second kappa shape index (κ2) is 7.72. The van der Waals surface area contributed by atoms with Crippen molar-refractivity contribution < 1.29 is 9.59 Å². The molecule has 0 saturated carbocycles. The van der Waals surface area contributed by atoms with Gasteiger partial charge in [-0.15, -0.1) is 0 Å². The van der Waals surface area contributed by atoms with Gasteiger partial charge in [-0.05, 0) is 42.5 Å². The number of amides is 2. The summed E-state index contributed by atoms with van der Waals surface area (Å²) in [5.74, 6) is 0.950. The molecule has 2 aliphatic heterocycles. The third-order valence-corrected chi connectivity index (χ3v) is 5.58. The van der Waals surface area contributed by atoms with E-state index < -0.39 is 0 Å². The van der Waals surface area contributed by atoms with Gasteiger partial charge in [-0.2, -0.15) is 0 Å². The average molecular weight is 397 g/mol. The Kier molecular flexibility index (Phi) is 5.13. The fourth-order valence-corrected chi connectivity index (χ4v) is 4.02. The first kappa shape index (κ1) is 18.6. The predicted octanol–water partition coefficient (Wildman–Crippen LogP) is 2.91. The molecule has 0 aliphatic carbocycles. The number of nitrogens with zero attached hydrogens (tertiary/aromatic N) is 4. The molecule has 1 aromatic heterocycles. The number of likely N-dealkylation sites (tertiary alicyclic amines) is 1. The highest BCUT2D eigenvalue weighted by Gasteiger charge is 2.29. The van der Waals surface area contributed by atoms with E-state index in [2.05, 4.69) is 16.5 Å². The molecule has 1 fully saturated rings. The molecule has 0 N–H and O–H groups in total. The fourth-order valence-electron chi connectivity index (χ4n) is 3.92. The number of halogens is 1. The summed E-state index contributed by atoms with van der Waals surface area (Å²) in [7, 11) is 0. The number of rotatable bonds is 4. The molecule has 2 amide bonds. The van der Waals surface area contributed by atoms with Crippen LogP contribution in [0.5, 0.6) is 0 Å². The molecule has 3 heterocycles. The van der Waals surface area contributed by atoms with Gasteiger partial charge in [-0.25, -0.2) is 9.97 Å². The maximum atomic E-state index is 13.0. The van der Waals surface area contributed by atoms with E-state index in [1.54, 1.807) is 17.3 Å². The van der Waals surface area contributed by atoms with Crippen molar-refractivity contribution >= 4 is 29.1 Å². The van der Waals surface area contributed by atoms with E-state index in [0.29, 0.717) is 36.1 Å². The number of anilines is 1. The molecule has 144 valence electrons. The van der Waals surface area contributed by atoms with E-state index in [0.717, 1.165) is 36.3 Å². The van der Waals surface area contributed by atoms with Gasteiger partial charge in [0, 0.05) is 49.7 Å². The quantitative estimate of drug-likeness (QED) is 0.745. The topological polar surface area (TPSA) is 66.4 Å². The molecule has 28 heavy (non-hydrogen) atoms. The molecule has 0 spiro atoms. The summed E-state index contributed by atoms with van der Waals surface area (Å²) in [6, 6.07) is 5.65. The lowest BCUT2D eigenvalue weighted by Gasteiger charge is -2.19. The minimum Gasteiger partial charge on any atom is -0.338 e. The molecule has 2 aliphatic rings. The Morgan fingerprint density at radius 3 is 2.79 bits per heavy atom. The van der Waals surface area contributed by atoms with E-state index in [-0.39, 0.29) is 11.8 Å². The van der Waals surface area contributed by atoms with Crippen LogP contribution in [0.1, 0.15) is 28.2 Å². The van der Waals surface area contributed by atoms with E-state index in [4.69, 9.17) is 11.6 Å². The van der Waals surface area contributed by atoms with E-state index in [1.165, 1.54) is 6.08 Å². The van der Waals surface area contributed by atoms with Crippen molar-refractivity contribution in [3.05, 3.63) is 65.2 Å². The predicted molar refractivity (Wildman–Crippen MR) is 107 cm³/mol. The molecule has 0 unspecified atom stereocenters. The van der Waals surface area contributed by atoms with Crippen LogP contribution in [0.25, 0.3) is 0 Å². The number of benzene rings is 1. The number of aromatic nitrogens is 2. The Morgan fingerprint density at radius 1 is 1.25 bits per heavy atom. The molecule has 0 radical (unpaired) electrons. The van der Waals surface area contributed by atoms with Crippen molar-refractivity contribution in [2.24, 2.45) is 5.92 Å². The average Bonchev–Trinajstić information content (AvgIpc) is 3.35. The highest BCUT2D eigenvalue weighted by atomic mass is 35.5. The maximum absolute atomic E-state index is 13.0. The van der Waals surface area contributed by atoms with Crippen molar-refractivity contribution in [1.29, 1.82) is 0 Å². The van der Waals surface area contributed by atoms with Crippen LogP contribution < -0.4 is 4.90 Å². The summed E-state index contributed by atoms with van der Waals surface area (Å²) in [6.45, 7) is 5.58. The SMILES string of the molecule is C=CC(=O)N1CCc2ccc(C(=O)N3CC[C@@H](Cc4ncc(Cl)cn4)C3)cc21. The van der Waals surface area contributed by atoms with Crippen LogP contribution in [-0.4, -0.2) is 46.3 Å². The smallest absolute Gasteiger partial charge is 0.253 e. The van der Waals surface area contributed by atoms with Gasteiger partial charge < -0.3 is 9.80 Å². The fraction of sp³-hybridized carbons (Fsp3) is 0.333. The van der Waals surface area contributed by atoms with Crippen LogP contribution in [0.2, 0.25) is 5.02 Å². The number of fused-ring (bicyclic) bond motifs is 1. The van der Waals surface area contributed by atoms with Gasteiger partial charge in [0.05, 0.1) is 5.02 Å². The van der Waals surface area contributed by atoms with Gasteiger partial charge in [0.1, 0.15) is 5.82 Å². The largest absolute Gasteiger partial charge is 0.338 e. The van der Waals surface area contributed by atoms with Crippen molar-refractivity contribution in [2.45, 2.75) is 19.3 Å². The first-order valence-electron chi connectivity index (χ1n) is 9.37. The summed E-state index contributed by atoms with van der Waals surface area (Å²) in [4.78, 5) is 37.1. The number of hydrogen-bond donors (Lipinski definition) is 0. The number of carbonyl (C=O) groups is 2. The van der Waals surface area contributed by atoms with Crippen molar-refractivity contribution in [2.75, 3.05) is 24.5 Å². The summed E-state index contributed by atoms with van der Waals surface area (Å²) >= 11 is 5.83. The third-order valence-electron chi connectivity index (χ3n) is 5.39. The van der Waals surface area contributed by atoms with Crippen LogP contribution in [0.15, 0.2) is 43.2 Å². The van der Waals surface area contributed by atoms with Crippen LogP contribution in [-0.2, 0) is 17.6 Å². The lowest BCUT2D eigenvalue weighted by Crippen LogP contribution is -2.30. The molecule has 1 aromatic carbocycles. The van der Waals surface area contributed by atoms with Gasteiger partial charge in [0.25, 0.3) is 5.91 Å². The zero-order valence-corrected chi connectivity index (χ0v) is 16.2. The van der Waals surface area contributed by atoms with Crippen molar-refractivity contribution in [1.82, 2.24) is 14.9 Å². The molecule has 1 atom stereocenters. The first-order valence-corrected chi connectivity index (χ1v) is 9.75. The number of carbonyl (C=O) groups excluding carboxylic acids is 2. The monoisotopic (exact) mass is 396 g/mol. The summed E-state index contributed by atoms with van der Waals surface area (Å²) in [5.41, 5.74) is 2.53. The zero-order chi connectivity index (χ0) is 19.7. The minimum atomic E-state index is -0.132. The first-order chi connectivity index (χ1) is 13.5. The summed E-state index contributed by atoms with van der Waals surface area (Å²) < 4.78 is 0. The molecule has 6 nitrogen and oxygen atoms in total. The lowest BCUT2D eigenvalue weighted by molar-refractivity contribution is -0.114. The van der Waals surface area contributed by atoms with Crippen LogP contribution in [0.3, 0.4) is 0 Å².